The first-order valence-electron chi connectivity index (χ1n) is 43.3. The Bertz CT molecular complexity index is 3690. The Balaban J connectivity index is 0.00000133. The van der Waals surface area contributed by atoms with Crippen LogP contribution in [0.1, 0.15) is 133 Å². The average Bonchev–Trinajstić information content (AvgIpc) is 0.795. The zero-order valence-corrected chi connectivity index (χ0v) is 81.5. The summed E-state index contributed by atoms with van der Waals surface area (Å²) in [5.41, 5.74) is -7.99. The summed E-state index contributed by atoms with van der Waals surface area (Å²) in [5.74, 6) is -8.95. The van der Waals surface area contributed by atoms with E-state index in [4.69, 9.17) is 89.4 Å². The molecule has 2 saturated carbocycles. The third-order valence-electron chi connectivity index (χ3n) is 20.6. The van der Waals surface area contributed by atoms with E-state index < -0.39 is 234 Å². The van der Waals surface area contributed by atoms with Crippen molar-refractivity contribution in [3.8, 4) is 0 Å². The number of carbonyl (C=O) groups is 14. The van der Waals surface area contributed by atoms with Crippen LogP contribution >= 0.6 is 0 Å². The Morgan fingerprint density at radius 2 is 0.718 bits per heavy atom. The molecule has 0 aromatic heterocycles. The van der Waals surface area contributed by atoms with Crippen LogP contribution in [0.3, 0.4) is 0 Å². The molecule has 36 nitrogen and oxygen atoms in total. The number of carbonyl (C=O) groups excluding carboxylic acids is 14. The van der Waals surface area contributed by atoms with E-state index in [1.807, 2.05) is 13.8 Å². The van der Waals surface area contributed by atoms with Gasteiger partial charge in [-0.05, 0) is 140 Å². The highest BCUT2D eigenvalue weighted by atomic mass is 28.4. The first kappa shape index (κ1) is 119. The maximum absolute atomic E-state index is 13.8. The third-order valence-corrected chi connectivity index (χ3v) is 28.3. The first-order chi connectivity index (χ1) is 61.3. The van der Waals surface area contributed by atoms with E-state index in [0.29, 0.717) is 51.9 Å². The maximum atomic E-state index is 13.8. The number of hydrogen-bond acceptors (Lipinski definition) is 33. The van der Waals surface area contributed by atoms with Crippen molar-refractivity contribution in [1.29, 1.82) is 0 Å². The van der Waals surface area contributed by atoms with E-state index in [1.54, 1.807) is 13.8 Å². The van der Waals surface area contributed by atoms with Gasteiger partial charge in [0.1, 0.15) is 91.5 Å². The number of esters is 11. The van der Waals surface area contributed by atoms with E-state index in [1.165, 1.54) is 0 Å². The first-order valence-corrected chi connectivity index (χ1v) is 49.5. The van der Waals surface area contributed by atoms with Gasteiger partial charge in [0.05, 0.1) is 61.3 Å². The van der Waals surface area contributed by atoms with Crippen molar-refractivity contribution < 1.29 is 157 Å². The molecule has 2 rings (SSSR count). The fourth-order valence-corrected chi connectivity index (χ4v) is 24.4. The van der Waals surface area contributed by atoms with Gasteiger partial charge >= 0.3 is 83.9 Å². The number of ether oxygens (including phenoxy) is 18. The topological polar surface area (TPSA) is 450 Å². The van der Waals surface area contributed by atoms with Crippen LogP contribution in [0.15, 0.2) is 127 Å². The number of hydrogen-bond donors (Lipinski definition) is 3. The molecule has 0 saturated heterocycles. The molecular weight excluding hydrogens is 1740 g/mol. The zero-order valence-electron chi connectivity index (χ0n) is 79.5. The van der Waals surface area contributed by atoms with Gasteiger partial charge in [0.15, 0.2) is 16.6 Å². The molecule has 3 amide bonds. The summed E-state index contributed by atoms with van der Waals surface area (Å²) in [4.78, 5) is 175. The predicted octanol–water partition coefficient (Wildman–Crippen LogP) is 12.0. The molecule has 6 unspecified atom stereocenters. The van der Waals surface area contributed by atoms with Crippen molar-refractivity contribution in [3.05, 3.63) is 127 Å². The molecule has 3 N–H and O–H groups in total. The lowest BCUT2D eigenvalue weighted by atomic mass is 9.61. The summed E-state index contributed by atoms with van der Waals surface area (Å²) in [6, 6.07) is 1.77. The average molecular weight is 1890 g/mol. The lowest BCUT2D eigenvalue weighted by Gasteiger charge is -2.47. The lowest BCUT2D eigenvalue weighted by Crippen LogP contribution is -2.55. The van der Waals surface area contributed by atoms with Gasteiger partial charge in [-0.25, -0.2) is 62.3 Å². The quantitative estimate of drug-likeness (QED) is 0.0167. The minimum absolute atomic E-state index is 0.0742. The van der Waals surface area contributed by atoms with Gasteiger partial charge in [0.25, 0.3) is 0 Å². The molecule has 38 heteroatoms. The summed E-state index contributed by atoms with van der Waals surface area (Å²) in [7, 11) is -3.48. The number of nitrogens with one attached hydrogen (secondary N) is 3. The van der Waals surface area contributed by atoms with Gasteiger partial charge in [0, 0.05) is 98.5 Å². The lowest BCUT2D eigenvalue weighted by molar-refractivity contribution is -0.170. The fourth-order valence-electron chi connectivity index (χ4n) is 15.4. The largest absolute Gasteiger partial charge is 0.462 e. The number of alkyl carbamates (subject to hydrolysis) is 3. The summed E-state index contributed by atoms with van der Waals surface area (Å²) in [6.45, 7) is 56.4. The Morgan fingerprint density at radius 3 is 1.07 bits per heavy atom. The molecule has 2 fully saturated rings. The molecule has 0 aromatic carbocycles. The zero-order chi connectivity index (χ0) is 99.4. The molecule has 738 valence electrons. The summed E-state index contributed by atoms with van der Waals surface area (Å²) in [5, 5.41) is 8.78. The molecule has 0 aliphatic heterocycles. The normalized spacial score (nSPS) is 17.4. The predicted molar refractivity (Wildman–Crippen MR) is 488 cm³/mol. The van der Waals surface area contributed by atoms with Crippen molar-refractivity contribution in [2.45, 2.75) is 196 Å². The molecule has 2 aliphatic rings. The van der Waals surface area contributed by atoms with Crippen molar-refractivity contribution in [2.24, 2.45) is 43.8 Å². The van der Waals surface area contributed by atoms with Gasteiger partial charge < -0.3 is 105 Å². The van der Waals surface area contributed by atoms with E-state index in [0.717, 1.165) is 98.5 Å². The van der Waals surface area contributed by atoms with Gasteiger partial charge in [-0.15, -0.1) is 0 Å². The highest BCUT2D eigenvalue weighted by Crippen LogP contribution is 2.49. The molecule has 0 bridgehead atoms. The maximum Gasteiger partial charge on any atom is 0.407 e. The van der Waals surface area contributed by atoms with Crippen LogP contribution in [0.25, 0.3) is 0 Å². The van der Waals surface area contributed by atoms with E-state index >= 15 is 0 Å². The number of rotatable bonds is 64. The van der Waals surface area contributed by atoms with E-state index in [9.17, 15) is 67.1 Å². The Morgan fingerprint density at radius 1 is 0.389 bits per heavy atom. The third kappa shape index (κ3) is 50.7. The molecule has 0 radical (unpaired) electrons. The molecule has 2 aliphatic carbocycles. The summed E-state index contributed by atoms with van der Waals surface area (Å²) in [6.07, 6.45) is 12.2. The Hall–Kier alpha value is -10.4. The van der Waals surface area contributed by atoms with E-state index in [2.05, 4.69) is 149 Å². The second-order valence-electron chi connectivity index (χ2n) is 36.6. The SMILES string of the molecule is C=CC(=O)OCC(COCC(COC(=O)C=C)(COC(=O)C=C)COC(=O)NC1(C)CC(CNC(=O)OC(C)COCCC[Si](C)(C)O[Si](C)(C)CCC)CC(C)(C)C1)(COC(=O)C=C)COC(=O)C=C.C=CC(=O)OCC(COCC(COC(=O)C=C)(COC(=O)C=C)COC(=O)NC1CC(C)(C)CC(C)(CCC(=O)OC(C)COCC)C1)(COC(=O)C=C)COC(=O)C=C. The fraction of sp³-hybridized carbons (Fsp3) is 0.634. The van der Waals surface area contributed by atoms with Crippen molar-refractivity contribution in [1.82, 2.24) is 16.0 Å². The highest BCUT2D eigenvalue weighted by Gasteiger charge is 2.48. The molecule has 0 heterocycles. The van der Waals surface area contributed by atoms with Gasteiger partial charge in [-0.2, -0.15) is 0 Å². The molecular formula is C93H145N3O33Si2. The van der Waals surface area contributed by atoms with Crippen molar-refractivity contribution in [3.63, 3.8) is 0 Å². The molecule has 0 spiro atoms. The van der Waals surface area contributed by atoms with Crippen LogP contribution in [0.4, 0.5) is 14.4 Å². The van der Waals surface area contributed by atoms with E-state index in [-0.39, 0.29) is 59.9 Å². The highest BCUT2D eigenvalue weighted by molar-refractivity contribution is 6.84. The monoisotopic (exact) mass is 1890 g/mol. The van der Waals surface area contributed by atoms with Crippen LogP contribution in [-0.2, 0) is 142 Å². The van der Waals surface area contributed by atoms with Gasteiger partial charge in [0.2, 0.25) is 0 Å². The van der Waals surface area contributed by atoms with Crippen molar-refractivity contribution >= 4 is 101 Å². The Labute approximate surface area is 773 Å². The summed E-state index contributed by atoms with van der Waals surface area (Å²) >= 11 is 0. The van der Waals surface area contributed by atoms with Gasteiger partial charge in [-0.1, -0.05) is 114 Å². The van der Waals surface area contributed by atoms with Crippen molar-refractivity contribution in [2.75, 3.05) is 139 Å². The second kappa shape index (κ2) is 59.2. The Kier molecular flexibility index (Phi) is 53.6. The van der Waals surface area contributed by atoms with Crippen LogP contribution in [0.2, 0.25) is 38.3 Å². The second-order valence-corrected chi connectivity index (χ2v) is 45.4. The van der Waals surface area contributed by atoms with Gasteiger partial charge in [-0.3, -0.25) is 4.79 Å². The molecule has 0 aromatic rings. The smallest absolute Gasteiger partial charge is 0.407 e. The molecule has 131 heavy (non-hydrogen) atoms. The number of amides is 3. The minimum Gasteiger partial charge on any atom is -0.462 e. The standard InChI is InChI=1S/C50H82N2O17Si2.C43H63NO16/c1-15-23-70(11,12)69-71(13,14)24-21-22-60-28-38(7)68-45(58)51-27-39-25-47(8,9)29-48(10,26-39)52-46(59)67-37-50(35-65-43(56)19-5,36-66-44(57)20-6)31-61-30-49(32-62-40(53)16-2,33-63-41(54)17-3)34-64-42(55)18-4;1-11-33(45)54-25-42(26-55-34(46)12-2,27-56-35(47)13-3)23-53-24-43(28-57-36(48)14-4,29-58-37(49)15-5)30-59-39(51)44-32-19-40(8,9)22-41(10,20-32)18-17-38(50)60-31(7)21-52-16-6/h16-20,38-39H,2-6,15,21-37H2,1,7-14H3,(H,51,58)(H,52,59);11-15,31-32H,1-5,16-30H2,6-10H3,(H,44,51). The summed E-state index contributed by atoms with van der Waals surface area (Å²) < 4.78 is 106. The van der Waals surface area contributed by atoms with Crippen LogP contribution in [-0.4, -0.2) is 263 Å². The van der Waals surface area contributed by atoms with Crippen LogP contribution in [0.5, 0.6) is 0 Å². The minimum atomic E-state index is -1.81. The van der Waals surface area contributed by atoms with Crippen LogP contribution < -0.4 is 16.0 Å². The van der Waals surface area contributed by atoms with Crippen LogP contribution in [0, 0.1) is 43.8 Å². The molecule has 6 atom stereocenters.